The minimum atomic E-state index is 0.170. The zero-order valence-corrected chi connectivity index (χ0v) is 14.3. The van der Waals surface area contributed by atoms with Crippen LogP contribution in [0.3, 0.4) is 0 Å². The minimum absolute atomic E-state index is 0.170. The highest BCUT2D eigenvalue weighted by Gasteiger charge is 2.18. The lowest BCUT2D eigenvalue weighted by atomic mass is 10.0. The SMILES string of the molecule is COCCSc1nnc(CCNC(=O)CC2CCCC2)n1C. The Morgan fingerprint density at radius 2 is 2.18 bits per heavy atom. The molecule has 6 nitrogen and oxygen atoms in total. The van der Waals surface area contributed by atoms with Gasteiger partial charge in [-0.2, -0.15) is 0 Å². The van der Waals surface area contributed by atoms with Crippen molar-refractivity contribution in [1.29, 1.82) is 0 Å². The van der Waals surface area contributed by atoms with Crippen LogP contribution in [0.5, 0.6) is 0 Å². The van der Waals surface area contributed by atoms with Gasteiger partial charge in [0.05, 0.1) is 6.61 Å². The van der Waals surface area contributed by atoms with Crippen LogP contribution in [0.25, 0.3) is 0 Å². The summed E-state index contributed by atoms with van der Waals surface area (Å²) in [6, 6.07) is 0. The summed E-state index contributed by atoms with van der Waals surface area (Å²) < 4.78 is 7.02. The molecule has 0 unspecified atom stereocenters. The zero-order chi connectivity index (χ0) is 15.8. The number of methoxy groups -OCH3 is 1. The summed E-state index contributed by atoms with van der Waals surface area (Å²) in [6.07, 6.45) is 6.36. The smallest absolute Gasteiger partial charge is 0.220 e. The maximum Gasteiger partial charge on any atom is 0.220 e. The zero-order valence-electron chi connectivity index (χ0n) is 13.5. The fraction of sp³-hybridized carbons (Fsp3) is 0.800. The molecule has 1 saturated carbocycles. The molecule has 0 saturated heterocycles. The third kappa shape index (κ3) is 5.28. The van der Waals surface area contributed by atoms with E-state index < -0.39 is 0 Å². The van der Waals surface area contributed by atoms with Crippen molar-refractivity contribution in [2.75, 3.05) is 26.0 Å². The highest BCUT2D eigenvalue weighted by atomic mass is 32.2. The Bertz CT molecular complexity index is 472. The Balaban J connectivity index is 1.68. The van der Waals surface area contributed by atoms with E-state index in [0.29, 0.717) is 31.9 Å². The summed E-state index contributed by atoms with van der Waals surface area (Å²) in [4.78, 5) is 11.9. The molecule has 0 aromatic carbocycles. The van der Waals surface area contributed by atoms with Gasteiger partial charge in [0.15, 0.2) is 5.16 Å². The molecule has 2 rings (SSSR count). The maximum atomic E-state index is 11.9. The van der Waals surface area contributed by atoms with Crippen LogP contribution in [-0.4, -0.2) is 46.7 Å². The van der Waals surface area contributed by atoms with Crippen LogP contribution in [0.1, 0.15) is 37.9 Å². The lowest BCUT2D eigenvalue weighted by Crippen LogP contribution is -2.27. The third-order valence-electron chi connectivity index (χ3n) is 4.06. The molecule has 0 atom stereocenters. The van der Waals surface area contributed by atoms with Gasteiger partial charge < -0.3 is 14.6 Å². The molecule has 1 aliphatic rings. The summed E-state index contributed by atoms with van der Waals surface area (Å²) in [6.45, 7) is 1.32. The lowest BCUT2D eigenvalue weighted by Gasteiger charge is -2.09. The number of aromatic nitrogens is 3. The highest BCUT2D eigenvalue weighted by Crippen LogP contribution is 2.27. The van der Waals surface area contributed by atoms with E-state index in [1.165, 1.54) is 25.7 Å². The number of ether oxygens (including phenoxy) is 1. The molecular formula is C15H26N4O2S. The van der Waals surface area contributed by atoms with Crippen LogP contribution in [0.2, 0.25) is 0 Å². The number of carbonyl (C=O) groups is 1. The van der Waals surface area contributed by atoms with Crippen LogP contribution in [0, 0.1) is 5.92 Å². The average Bonchev–Trinajstić information content (AvgIpc) is 3.11. The number of rotatable bonds is 9. The van der Waals surface area contributed by atoms with Crippen molar-refractivity contribution in [3.63, 3.8) is 0 Å². The van der Waals surface area contributed by atoms with E-state index in [1.54, 1.807) is 18.9 Å². The second-order valence-electron chi connectivity index (χ2n) is 5.75. The van der Waals surface area contributed by atoms with Crippen LogP contribution >= 0.6 is 11.8 Å². The summed E-state index contributed by atoms with van der Waals surface area (Å²) in [5, 5.41) is 12.3. The van der Waals surface area contributed by atoms with Gasteiger partial charge in [-0.1, -0.05) is 24.6 Å². The molecule has 1 heterocycles. The van der Waals surface area contributed by atoms with E-state index in [2.05, 4.69) is 15.5 Å². The van der Waals surface area contributed by atoms with Crippen LogP contribution in [0.4, 0.5) is 0 Å². The molecule has 0 radical (unpaired) electrons. The average molecular weight is 326 g/mol. The molecule has 1 aliphatic carbocycles. The molecule has 22 heavy (non-hydrogen) atoms. The van der Waals surface area contributed by atoms with Gasteiger partial charge in [-0.3, -0.25) is 4.79 Å². The third-order valence-corrected chi connectivity index (χ3v) is 5.05. The fourth-order valence-electron chi connectivity index (χ4n) is 2.77. The van der Waals surface area contributed by atoms with Gasteiger partial charge in [0.1, 0.15) is 5.82 Å². The quantitative estimate of drug-likeness (QED) is 0.553. The lowest BCUT2D eigenvalue weighted by molar-refractivity contribution is -0.121. The molecule has 0 aliphatic heterocycles. The molecule has 1 aromatic heterocycles. The normalized spacial score (nSPS) is 15.4. The first-order chi connectivity index (χ1) is 10.7. The Morgan fingerprint density at radius 3 is 2.91 bits per heavy atom. The van der Waals surface area contributed by atoms with Crippen molar-refractivity contribution in [2.24, 2.45) is 13.0 Å². The molecule has 124 valence electrons. The van der Waals surface area contributed by atoms with Gasteiger partial charge in [-0.15, -0.1) is 10.2 Å². The highest BCUT2D eigenvalue weighted by molar-refractivity contribution is 7.99. The van der Waals surface area contributed by atoms with Gasteiger partial charge >= 0.3 is 0 Å². The van der Waals surface area contributed by atoms with Crippen molar-refractivity contribution in [1.82, 2.24) is 20.1 Å². The van der Waals surface area contributed by atoms with Crippen molar-refractivity contribution >= 4 is 17.7 Å². The van der Waals surface area contributed by atoms with Gasteiger partial charge in [-0.25, -0.2) is 0 Å². The first-order valence-corrected chi connectivity index (χ1v) is 8.96. The largest absolute Gasteiger partial charge is 0.384 e. The number of thioether (sulfide) groups is 1. The Labute approximate surface area is 136 Å². The number of nitrogens with zero attached hydrogens (tertiary/aromatic N) is 3. The van der Waals surface area contributed by atoms with Crippen LogP contribution in [-0.2, 0) is 23.0 Å². The molecule has 1 aromatic rings. The molecule has 1 amide bonds. The molecule has 0 bridgehead atoms. The van der Waals surface area contributed by atoms with E-state index in [4.69, 9.17) is 4.74 Å². The number of hydrogen-bond donors (Lipinski definition) is 1. The second kappa shape index (κ2) is 9.15. The summed E-state index contributed by atoms with van der Waals surface area (Å²) >= 11 is 1.63. The van der Waals surface area contributed by atoms with Gasteiger partial charge in [0.2, 0.25) is 5.91 Å². The summed E-state index contributed by atoms with van der Waals surface area (Å²) in [5.41, 5.74) is 0. The van der Waals surface area contributed by atoms with Crippen LogP contribution in [0.15, 0.2) is 5.16 Å². The van der Waals surface area contributed by atoms with E-state index in [0.717, 1.165) is 16.7 Å². The Hall–Kier alpha value is -1.08. The van der Waals surface area contributed by atoms with Crippen LogP contribution < -0.4 is 5.32 Å². The van der Waals surface area contributed by atoms with E-state index in [9.17, 15) is 4.79 Å². The Kier molecular flexibility index (Phi) is 7.18. The van der Waals surface area contributed by atoms with Gasteiger partial charge in [-0.05, 0) is 18.8 Å². The van der Waals surface area contributed by atoms with Crippen molar-refractivity contribution in [3.8, 4) is 0 Å². The minimum Gasteiger partial charge on any atom is -0.384 e. The molecule has 1 fully saturated rings. The number of nitrogens with one attached hydrogen (secondary N) is 1. The number of amides is 1. The van der Waals surface area contributed by atoms with Crippen molar-refractivity contribution in [2.45, 2.75) is 43.7 Å². The number of hydrogen-bond acceptors (Lipinski definition) is 5. The monoisotopic (exact) mass is 326 g/mol. The first kappa shape index (κ1) is 17.3. The predicted molar refractivity (Wildman–Crippen MR) is 86.9 cm³/mol. The molecule has 1 N–H and O–H groups in total. The maximum absolute atomic E-state index is 11.9. The van der Waals surface area contributed by atoms with Crippen molar-refractivity contribution in [3.05, 3.63) is 5.82 Å². The second-order valence-corrected chi connectivity index (χ2v) is 6.82. The van der Waals surface area contributed by atoms with E-state index in [-0.39, 0.29) is 5.91 Å². The molecule has 7 heteroatoms. The van der Waals surface area contributed by atoms with E-state index in [1.807, 2.05) is 11.6 Å². The van der Waals surface area contributed by atoms with Gasteiger partial charge in [0.25, 0.3) is 0 Å². The first-order valence-electron chi connectivity index (χ1n) is 7.97. The summed E-state index contributed by atoms with van der Waals surface area (Å²) in [5.74, 6) is 2.53. The summed E-state index contributed by atoms with van der Waals surface area (Å²) in [7, 11) is 3.65. The number of carbonyl (C=O) groups excluding carboxylic acids is 1. The van der Waals surface area contributed by atoms with E-state index >= 15 is 0 Å². The van der Waals surface area contributed by atoms with Gasteiger partial charge in [0, 0.05) is 39.3 Å². The molecule has 0 spiro atoms. The fourth-order valence-corrected chi connectivity index (χ4v) is 3.60. The Morgan fingerprint density at radius 1 is 1.41 bits per heavy atom. The van der Waals surface area contributed by atoms with Crippen molar-refractivity contribution < 1.29 is 9.53 Å². The predicted octanol–water partition coefficient (Wildman–Crippen LogP) is 1.79. The standard InChI is InChI=1S/C15H26N4O2S/c1-19-13(17-18-15(19)22-10-9-21-2)7-8-16-14(20)11-12-5-3-4-6-12/h12H,3-11H2,1-2H3,(H,16,20). The topological polar surface area (TPSA) is 69.0 Å². The molecular weight excluding hydrogens is 300 g/mol.